The van der Waals surface area contributed by atoms with Crippen molar-refractivity contribution >= 4 is 30.5 Å². The Balaban J connectivity index is 0.793. The molecule has 6 aromatic carbocycles. The average Bonchev–Trinajstić information content (AvgIpc) is 1.74. The van der Waals surface area contributed by atoms with Gasteiger partial charge in [0.15, 0.2) is 31.3 Å². The Kier molecular flexibility index (Phi) is 22.2. The zero-order valence-electron chi connectivity index (χ0n) is 53.3. The van der Waals surface area contributed by atoms with Gasteiger partial charge in [-0.2, -0.15) is 0 Å². The predicted octanol–water partition coefficient (Wildman–Crippen LogP) is 4.88. The number of rotatable bonds is 21. The molecule has 0 bridgehead atoms. The fourth-order valence-corrected chi connectivity index (χ4v) is 13.2. The van der Waals surface area contributed by atoms with Crippen LogP contribution in [0, 0.1) is 0 Å². The maximum atomic E-state index is 14.2. The van der Waals surface area contributed by atoms with E-state index in [1.807, 2.05) is 54.6 Å². The maximum Gasteiger partial charge on any atom is 0.412 e. The minimum Gasteiger partial charge on any atom is -0.445 e. The largest absolute Gasteiger partial charge is 0.445 e. The number of alkyl carbamates (subject to hydrolysis) is 4. The molecule has 5 amide bonds. The van der Waals surface area contributed by atoms with Crippen molar-refractivity contribution in [2.24, 2.45) is 0 Å². The topological polar surface area (TPSA) is 347 Å². The molecule has 524 valence electrons. The number of aliphatic hydroxyl groups is 4. The van der Waals surface area contributed by atoms with E-state index in [0.717, 1.165) is 5.56 Å². The van der Waals surface area contributed by atoms with Crippen LogP contribution in [0.3, 0.4) is 0 Å². The first-order chi connectivity index (χ1) is 48.3. The molecule has 1 saturated carbocycles. The summed E-state index contributed by atoms with van der Waals surface area (Å²) >= 11 is 0. The number of ether oxygens (including phenoxy) is 14. The number of hydrogen-bond donors (Lipinski definition) is 8. The van der Waals surface area contributed by atoms with Crippen molar-refractivity contribution < 1.29 is 111 Å². The predicted molar refractivity (Wildman–Crippen MR) is 340 cm³/mol. The van der Waals surface area contributed by atoms with Crippen molar-refractivity contribution in [3.63, 3.8) is 0 Å². The van der Waals surface area contributed by atoms with Crippen LogP contribution >= 0.6 is 0 Å². The van der Waals surface area contributed by atoms with Gasteiger partial charge >= 0.3 is 30.5 Å². The van der Waals surface area contributed by atoms with E-state index in [-0.39, 0.29) is 52.4 Å². The lowest BCUT2D eigenvalue weighted by molar-refractivity contribution is -0.357. The Morgan fingerprint density at radius 2 is 0.960 bits per heavy atom. The Morgan fingerprint density at radius 1 is 0.495 bits per heavy atom. The number of nitrogens with zero attached hydrogens (tertiary/aromatic N) is 1. The van der Waals surface area contributed by atoms with E-state index in [9.17, 15) is 44.4 Å². The summed E-state index contributed by atoms with van der Waals surface area (Å²) < 4.78 is 87.7. The molecule has 6 heterocycles. The van der Waals surface area contributed by atoms with Crippen molar-refractivity contribution in [3.05, 3.63) is 215 Å². The second-order valence-electron chi connectivity index (χ2n) is 24.8. The Bertz CT molecular complexity index is 3620. The number of fused-ring (bicyclic) bond motifs is 3. The van der Waals surface area contributed by atoms with Crippen LogP contribution in [-0.4, -0.2) is 198 Å². The molecule has 0 aromatic heterocycles. The molecule has 21 atom stereocenters. The van der Waals surface area contributed by atoms with Gasteiger partial charge in [-0.05, 0) is 34.2 Å². The smallest absolute Gasteiger partial charge is 0.412 e. The summed E-state index contributed by atoms with van der Waals surface area (Å²) in [6.07, 6.45) is -29.4. The lowest BCUT2D eigenvalue weighted by atomic mass is 9.83. The molecule has 7 fully saturated rings. The first kappa shape index (κ1) is 68.7. The van der Waals surface area contributed by atoms with Gasteiger partial charge in [-0.1, -0.05) is 182 Å². The van der Waals surface area contributed by atoms with E-state index in [2.05, 4.69) is 21.3 Å². The van der Waals surface area contributed by atoms with Crippen molar-refractivity contribution in [2.45, 2.75) is 168 Å². The van der Waals surface area contributed by atoms with Crippen molar-refractivity contribution in [2.75, 3.05) is 19.8 Å². The fraction of sp³-hybridized carbons (Fsp3) is 0.423. The highest BCUT2D eigenvalue weighted by atomic mass is 16.8. The standard InChI is InChI=1S/C71H77N5O23/c77-34-49-60(97-64-52(74-68(82)88-36-42-23-11-3-12-24-42)54(78)59-48(91-64)33-76(51(94-59)31-40-19-7-1-8-20-40)71(85)90-38-44-27-15-5-16-28-44)56(80)66(92-49)98-62-57(46(32-47-58(62)99-70(84)73-47)72-67(81)87-35-41-21-9-2-10-22-41)95-65-53(75-69(83)89-37-43-25-13-4-14-26-43)55(79)61-50(93-65)39-86-63(96-61)45-29-17-6-18-30-45/h1-30,46-66,77-80H,31-39H2,(H,72,81)(H,73,84)(H,74,82)(H,75,83)/t46-,47+,48-,49+,50+,51?,52+,53+,54+,55+,56+,57+,58-,59+,60+,61+,62-,63?,64+,65+,66-/m0/s1. The quantitative estimate of drug-likeness (QED) is 0.0445. The third-order valence-corrected chi connectivity index (χ3v) is 18.2. The SMILES string of the molecule is O=C(N[C@H]1[C@@H](O[C@H]2[C@@H](O)[C@H](O[C@@H]3[C@H]4OC(=O)N[C@@H]4C[C@H](NC(=O)OCc4ccccc4)[C@H]3O[C@H]3O[C@@H]4COC(c5ccccc5)O[C@H]4[C@H](O)[C@H]3NC(=O)OCc3ccccc3)O[C@@H]2CO)O[C@H]2CN(C(=O)OCc3ccccc3)C(Cc3ccccc3)O[C@H]2[C@@H]1O)OCc1ccccc1. The molecule has 0 radical (unpaired) electrons. The first-order valence-corrected chi connectivity index (χ1v) is 32.7. The summed E-state index contributed by atoms with van der Waals surface area (Å²) in [7, 11) is 0. The molecule has 8 N–H and O–H groups in total. The zero-order valence-corrected chi connectivity index (χ0v) is 53.3. The van der Waals surface area contributed by atoms with Crippen molar-refractivity contribution in [3.8, 4) is 0 Å². The molecular formula is C71H77N5O23. The number of carbonyl (C=O) groups excluding carboxylic acids is 5. The van der Waals surface area contributed by atoms with Crippen LogP contribution in [0.15, 0.2) is 182 Å². The summed E-state index contributed by atoms with van der Waals surface area (Å²) in [6.45, 7) is -1.85. The molecule has 2 unspecified atom stereocenters. The van der Waals surface area contributed by atoms with Gasteiger partial charge in [0.25, 0.3) is 0 Å². The summed E-state index contributed by atoms with van der Waals surface area (Å²) in [5.74, 6) is 0. The molecule has 6 aliphatic heterocycles. The van der Waals surface area contributed by atoms with Crippen LogP contribution in [0.2, 0.25) is 0 Å². The molecule has 1 aliphatic carbocycles. The molecule has 99 heavy (non-hydrogen) atoms. The number of nitrogens with one attached hydrogen (secondary N) is 4. The third-order valence-electron chi connectivity index (χ3n) is 18.2. The highest BCUT2D eigenvalue weighted by molar-refractivity contribution is 5.71. The highest BCUT2D eigenvalue weighted by Gasteiger charge is 2.60. The van der Waals surface area contributed by atoms with Crippen molar-refractivity contribution in [1.82, 2.24) is 26.2 Å². The van der Waals surface area contributed by atoms with Gasteiger partial charge in [-0.15, -0.1) is 0 Å². The van der Waals surface area contributed by atoms with Gasteiger partial charge in [-0.25, -0.2) is 24.0 Å². The van der Waals surface area contributed by atoms with Crippen LogP contribution in [0.4, 0.5) is 24.0 Å². The number of benzene rings is 6. The van der Waals surface area contributed by atoms with Gasteiger partial charge in [0.2, 0.25) is 0 Å². The van der Waals surface area contributed by atoms with E-state index < -0.39 is 166 Å². The van der Waals surface area contributed by atoms with Crippen LogP contribution in [0.1, 0.15) is 46.1 Å². The molecule has 0 spiro atoms. The lowest BCUT2D eigenvalue weighted by Gasteiger charge is -2.51. The van der Waals surface area contributed by atoms with E-state index in [1.165, 1.54) is 4.90 Å². The van der Waals surface area contributed by atoms with Crippen LogP contribution < -0.4 is 21.3 Å². The van der Waals surface area contributed by atoms with Gasteiger partial charge in [0, 0.05) is 12.0 Å². The number of carbonyl (C=O) groups is 5. The van der Waals surface area contributed by atoms with Crippen LogP contribution in [0.25, 0.3) is 0 Å². The maximum absolute atomic E-state index is 14.2. The summed E-state index contributed by atoms with van der Waals surface area (Å²) in [6, 6.07) is 48.5. The van der Waals surface area contributed by atoms with E-state index >= 15 is 0 Å². The molecule has 13 rings (SSSR count). The second-order valence-corrected chi connectivity index (χ2v) is 24.8. The molecule has 7 aliphatic rings. The Labute approximate surface area is 568 Å². The molecular weight excluding hydrogens is 1290 g/mol. The van der Waals surface area contributed by atoms with Gasteiger partial charge in [0.05, 0.1) is 31.8 Å². The van der Waals surface area contributed by atoms with Gasteiger partial charge in [0.1, 0.15) is 112 Å². The monoisotopic (exact) mass is 1370 g/mol. The van der Waals surface area contributed by atoms with Crippen LogP contribution in [-0.2, 0) is 99.2 Å². The van der Waals surface area contributed by atoms with E-state index in [0.29, 0.717) is 27.8 Å². The summed E-state index contributed by atoms with van der Waals surface area (Å²) in [4.78, 5) is 70.9. The molecule has 6 saturated heterocycles. The average molecular weight is 1370 g/mol. The number of aliphatic hydroxyl groups excluding tert-OH is 4. The summed E-state index contributed by atoms with van der Waals surface area (Å²) in [5.41, 5.74) is 4.09. The number of amides is 5. The normalized spacial score (nSPS) is 32.3. The zero-order chi connectivity index (χ0) is 68.4. The minimum atomic E-state index is -1.93. The lowest BCUT2D eigenvalue weighted by Crippen LogP contribution is -2.71. The molecule has 6 aromatic rings. The Morgan fingerprint density at radius 3 is 1.49 bits per heavy atom. The summed E-state index contributed by atoms with van der Waals surface area (Å²) in [5, 5.41) is 59.8. The fourth-order valence-electron chi connectivity index (χ4n) is 13.2. The van der Waals surface area contributed by atoms with E-state index in [4.69, 9.17) is 66.3 Å². The van der Waals surface area contributed by atoms with E-state index in [1.54, 1.807) is 127 Å². The second kappa shape index (κ2) is 32.0. The highest BCUT2D eigenvalue weighted by Crippen LogP contribution is 2.41. The number of hydrogen-bond acceptors (Lipinski definition) is 23. The van der Waals surface area contributed by atoms with Crippen LogP contribution in [0.5, 0.6) is 0 Å². The van der Waals surface area contributed by atoms with Crippen molar-refractivity contribution in [1.29, 1.82) is 0 Å². The molecule has 28 heteroatoms. The molecule has 28 nitrogen and oxygen atoms in total. The van der Waals surface area contributed by atoms with Gasteiger partial charge < -0.3 is 108 Å². The minimum absolute atomic E-state index is 0.0879. The first-order valence-electron chi connectivity index (χ1n) is 32.7. The van der Waals surface area contributed by atoms with Gasteiger partial charge in [-0.3, -0.25) is 4.90 Å². The third kappa shape index (κ3) is 16.6. The Hall–Kier alpha value is -8.85.